The number of rotatable bonds is 4. The van der Waals surface area contributed by atoms with Crippen LogP contribution in [0.1, 0.15) is 31.9 Å². The molecule has 2 N–H and O–H groups in total. The van der Waals surface area contributed by atoms with Crippen molar-refractivity contribution in [1.82, 2.24) is 4.90 Å². The van der Waals surface area contributed by atoms with Crippen molar-refractivity contribution < 1.29 is 4.74 Å². The summed E-state index contributed by atoms with van der Waals surface area (Å²) in [4.78, 5) is 2.45. The van der Waals surface area contributed by atoms with E-state index in [1.807, 2.05) is 18.2 Å². The van der Waals surface area contributed by atoms with Gasteiger partial charge in [-0.05, 0) is 31.9 Å². The van der Waals surface area contributed by atoms with Gasteiger partial charge in [0.2, 0.25) is 0 Å². The van der Waals surface area contributed by atoms with Gasteiger partial charge in [0.25, 0.3) is 0 Å². The molecule has 1 saturated heterocycles. The first-order valence-electron chi connectivity index (χ1n) is 6.94. The molecule has 0 saturated carbocycles. The summed E-state index contributed by atoms with van der Waals surface area (Å²) < 4.78 is 6.85. The maximum absolute atomic E-state index is 6.29. The van der Waals surface area contributed by atoms with Crippen molar-refractivity contribution in [3.05, 3.63) is 34.3 Å². The van der Waals surface area contributed by atoms with Crippen LogP contribution in [0.3, 0.4) is 0 Å². The van der Waals surface area contributed by atoms with Gasteiger partial charge in [-0.3, -0.25) is 4.90 Å². The summed E-state index contributed by atoms with van der Waals surface area (Å²) >= 11 is 3.57. The number of nitrogens with zero attached hydrogens (tertiary/aromatic N) is 1. The number of nitrogens with two attached hydrogens (primary N) is 1. The molecule has 0 radical (unpaired) electrons. The highest BCUT2D eigenvalue weighted by Gasteiger charge is 2.22. The van der Waals surface area contributed by atoms with Gasteiger partial charge in [0.05, 0.1) is 12.2 Å². The van der Waals surface area contributed by atoms with Crippen molar-refractivity contribution in [2.75, 3.05) is 19.6 Å². The fourth-order valence-electron chi connectivity index (χ4n) is 2.72. The van der Waals surface area contributed by atoms with Crippen molar-refractivity contribution in [2.24, 2.45) is 5.73 Å². The summed E-state index contributed by atoms with van der Waals surface area (Å²) in [6, 6.07) is 8.29. The van der Waals surface area contributed by atoms with E-state index in [-0.39, 0.29) is 6.04 Å². The lowest BCUT2D eigenvalue weighted by atomic mass is 10.0. The Morgan fingerprint density at radius 3 is 2.58 bits per heavy atom. The zero-order valence-corrected chi connectivity index (χ0v) is 13.3. The van der Waals surface area contributed by atoms with Crippen molar-refractivity contribution in [1.29, 1.82) is 0 Å². The maximum Gasteiger partial charge on any atom is 0.0678 e. The fraction of sp³-hybridized carbons (Fsp3) is 0.600. The molecule has 1 aromatic rings. The Balaban J connectivity index is 1.87. The Kier molecular flexibility index (Phi) is 5.39. The Labute approximate surface area is 124 Å². The van der Waals surface area contributed by atoms with E-state index in [0.717, 1.165) is 30.5 Å². The second kappa shape index (κ2) is 6.84. The molecule has 0 bridgehead atoms. The molecule has 1 aromatic carbocycles. The average molecular weight is 327 g/mol. The van der Waals surface area contributed by atoms with Crippen molar-refractivity contribution in [3.63, 3.8) is 0 Å². The highest BCUT2D eigenvalue weighted by atomic mass is 79.9. The Morgan fingerprint density at radius 2 is 1.95 bits per heavy atom. The van der Waals surface area contributed by atoms with Crippen LogP contribution in [0.4, 0.5) is 0 Å². The minimum Gasteiger partial charge on any atom is -0.373 e. The van der Waals surface area contributed by atoms with E-state index >= 15 is 0 Å². The third-order valence-electron chi connectivity index (χ3n) is 3.56. The smallest absolute Gasteiger partial charge is 0.0678 e. The molecule has 0 aliphatic carbocycles. The molecule has 0 spiro atoms. The molecule has 0 amide bonds. The van der Waals surface area contributed by atoms with Gasteiger partial charge in [0.15, 0.2) is 0 Å². The van der Waals surface area contributed by atoms with Crippen LogP contribution in [0.25, 0.3) is 0 Å². The lowest BCUT2D eigenvalue weighted by molar-refractivity contribution is -0.0684. The first kappa shape index (κ1) is 15.0. The molecule has 1 aliphatic heterocycles. The molecule has 4 heteroatoms. The molecule has 0 aromatic heterocycles. The monoisotopic (exact) mass is 326 g/mol. The number of morpholine rings is 1. The highest BCUT2D eigenvalue weighted by Crippen LogP contribution is 2.24. The predicted octanol–water partition coefficient (Wildman–Crippen LogP) is 2.95. The molecule has 1 heterocycles. The Bertz CT molecular complexity index is 403. The van der Waals surface area contributed by atoms with E-state index < -0.39 is 0 Å². The SMILES string of the molecule is C[C@@H]1CN(CCC(N)c2ccccc2Br)C[C@H](C)O1. The minimum atomic E-state index is 0.0871. The predicted molar refractivity (Wildman–Crippen MR) is 82.1 cm³/mol. The van der Waals surface area contributed by atoms with Crippen molar-refractivity contribution in [3.8, 4) is 0 Å². The van der Waals surface area contributed by atoms with Gasteiger partial charge in [-0.15, -0.1) is 0 Å². The van der Waals surface area contributed by atoms with Crippen LogP contribution in [0, 0.1) is 0 Å². The quantitative estimate of drug-likeness (QED) is 0.924. The average Bonchev–Trinajstić information content (AvgIpc) is 2.35. The summed E-state index contributed by atoms with van der Waals surface area (Å²) in [5.74, 6) is 0. The summed E-state index contributed by atoms with van der Waals surface area (Å²) in [5.41, 5.74) is 7.49. The zero-order valence-electron chi connectivity index (χ0n) is 11.7. The van der Waals surface area contributed by atoms with Crippen LogP contribution in [-0.4, -0.2) is 36.7 Å². The Hall–Kier alpha value is -0.420. The second-order valence-corrected chi connectivity index (χ2v) is 6.29. The number of ether oxygens (including phenoxy) is 1. The highest BCUT2D eigenvalue weighted by molar-refractivity contribution is 9.10. The first-order valence-corrected chi connectivity index (χ1v) is 7.73. The maximum atomic E-state index is 6.29. The molecule has 3 nitrogen and oxygen atoms in total. The molecule has 106 valence electrons. The summed E-state index contributed by atoms with van der Waals surface area (Å²) in [6.07, 6.45) is 1.62. The lowest BCUT2D eigenvalue weighted by Gasteiger charge is -2.35. The van der Waals surface area contributed by atoms with Crippen molar-refractivity contribution in [2.45, 2.75) is 38.5 Å². The van der Waals surface area contributed by atoms with Crippen LogP contribution < -0.4 is 5.73 Å². The van der Waals surface area contributed by atoms with Gasteiger partial charge >= 0.3 is 0 Å². The summed E-state index contributed by atoms with van der Waals surface area (Å²) in [6.45, 7) is 7.31. The molecule has 1 unspecified atom stereocenters. The summed E-state index contributed by atoms with van der Waals surface area (Å²) in [5, 5.41) is 0. The standard InChI is InChI=1S/C15H23BrN2O/c1-11-9-18(10-12(2)19-11)8-7-15(17)13-5-3-4-6-14(13)16/h3-6,11-12,15H,7-10,17H2,1-2H3/t11-,12+,15?. The molecule has 1 aliphatic rings. The minimum absolute atomic E-state index is 0.0871. The van der Waals surface area contributed by atoms with E-state index in [1.165, 1.54) is 5.56 Å². The molecular formula is C15H23BrN2O. The van der Waals surface area contributed by atoms with Crippen LogP contribution in [0.15, 0.2) is 28.7 Å². The largest absolute Gasteiger partial charge is 0.373 e. The zero-order chi connectivity index (χ0) is 13.8. The molecule has 2 rings (SSSR count). The molecule has 1 fully saturated rings. The third kappa shape index (κ3) is 4.28. The van der Waals surface area contributed by atoms with Crippen LogP contribution >= 0.6 is 15.9 Å². The number of halogens is 1. The van der Waals surface area contributed by atoms with Crippen LogP contribution in [0.5, 0.6) is 0 Å². The van der Waals surface area contributed by atoms with Crippen LogP contribution in [0.2, 0.25) is 0 Å². The van der Waals surface area contributed by atoms with E-state index in [2.05, 4.69) is 40.7 Å². The van der Waals surface area contributed by atoms with Gasteiger partial charge in [-0.25, -0.2) is 0 Å². The van der Waals surface area contributed by atoms with Gasteiger partial charge in [-0.1, -0.05) is 34.1 Å². The number of benzene rings is 1. The van der Waals surface area contributed by atoms with Gasteiger partial charge in [-0.2, -0.15) is 0 Å². The van der Waals surface area contributed by atoms with Gasteiger partial charge in [0.1, 0.15) is 0 Å². The van der Waals surface area contributed by atoms with Crippen molar-refractivity contribution >= 4 is 15.9 Å². The van der Waals surface area contributed by atoms with Gasteiger partial charge in [0, 0.05) is 30.1 Å². The summed E-state index contributed by atoms with van der Waals surface area (Å²) in [7, 11) is 0. The fourth-order valence-corrected chi connectivity index (χ4v) is 3.30. The first-order chi connectivity index (χ1) is 9.06. The topological polar surface area (TPSA) is 38.5 Å². The van der Waals surface area contributed by atoms with E-state index in [1.54, 1.807) is 0 Å². The third-order valence-corrected chi connectivity index (χ3v) is 4.28. The molecular weight excluding hydrogens is 304 g/mol. The number of hydrogen-bond acceptors (Lipinski definition) is 3. The van der Waals surface area contributed by atoms with E-state index in [9.17, 15) is 0 Å². The molecule has 3 atom stereocenters. The molecule has 19 heavy (non-hydrogen) atoms. The van der Waals surface area contributed by atoms with E-state index in [4.69, 9.17) is 10.5 Å². The lowest BCUT2D eigenvalue weighted by Crippen LogP contribution is -2.46. The van der Waals surface area contributed by atoms with Gasteiger partial charge < -0.3 is 10.5 Å². The normalized spacial score (nSPS) is 26.3. The Morgan fingerprint density at radius 1 is 1.32 bits per heavy atom. The van der Waals surface area contributed by atoms with Crippen LogP contribution in [-0.2, 0) is 4.74 Å². The van der Waals surface area contributed by atoms with E-state index in [0.29, 0.717) is 12.2 Å². The second-order valence-electron chi connectivity index (χ2n) is 5.43. The number of hydrogen-bond donors (Lipinski definition) is 1.